The van der Waals surface area contributed by atoms with Gasteiger partial charge < -0.3 is 19.7 Å². The lowest BCUT2D eigenvalue weighted by atomic mass is 10.0. The summed E-state index contributed by atoms with van der Waals surface area (Å²) >= 11 is 6.41. The largest absolute Gasteiger partial charge is 0.493 e. The molecule has 1 unspecified atom stereocenters. The third-order valence-electron chi connectivity index (χ3n) is 5.39. The van der Waals surface area contributed by atoms with E-state index in [2.05, 4.69) is 5.32 Å². The van der Waals surface area contributed by atoms with Crippen LogP contribution in [0.5, 0.6) is 11.5 Å². The predicted molar refractivity (Wildman–Crippen MR) is 135 cm³/mol. The fourth-order valence-corrected chi connectivity index (χ4v) is 3.72. The van der Waals surface area contributed by atoms with Crippen LogP contribution >= 0.6 is 11.6 Å². The van der Waals surface area contributed by atoms with Crippen molar-refractivity contribution in [2.24, 2.45) is 0 Å². The zero-order valence-corrected chi connectivity index (χ0v) is 20.7. The van der Waals surface area contributed by atoms with Crippen molar-refractivity contribution in [3.8, 4) is 11.5 Å². The molecule has 0 aliphatic carbocycles. The van der Waals surface area contributed by atoms with Gasteiger partial charge >= 0.3 is 0 Å². The van der Waals surface area contributed by atoms with Crippen LogP contribution in [0.1, 0.15) is 53.1 Å². The van der Waals surface area contributed by atoms with Crippen LogP contribution in [0.15, 0.2) is 66.7 Å². The Kier molecular flexibility index (Phi) is 8.18. The molecule has 34 heavy (non-hydrogen) atoms. The molecule has 1 N–H and O–H groups in total. The van der Waals surface area contributed by atoms with Crippen LogP contribution in [-0.2, 0) is 0 Å². The molecule has 0 saturated heterocycles. The molecule has 0 fully saturated rings. The monoisotopic (exact) mass is 480 g/mol. The molecular formula is C27H29ClN2O4. The molecule has 0 radical (unpaired) electrons. The van der Waals surface area contributed by atoms with Gasteiger partial charge in [0.15, 0.2) is 11.5 Å². The highest BCUT2D eigenvalue weighted by Crippen LogP contribution is 2.38. The van der Waals surface area contributed by atoms with E-state index in [9.17, 15) is 9.59 Å². The van der Waals surface area contributed by atoms with Gasteiger partial charge in [0.2, 0.25) is 0 Å². The zero-order chi connectivity index (χ0) is 24.8. The van der Waals surface area contributed by atoms with Crippen LogP contribution in [0.3, 0.4) is 0 Å². The summed E-state index contributed by atoms with van der Waals surface area (Å²) < 4.78 is 11.2. The molecule has 3 rings (SSSR count). The molecular weight excluding hydrogens is 452 g/mol. The second-order valence-electron chi connectivity index (χ2n) is 8.19. The molecule has 0 spiro atoms. The average Bonchev–Trinajstić information content (AvgIpc) is 2.84. The topological polar surface area (TPSA) is 67.9 Å². The molecule has 6 nitrogen and oxygen atoms in total. The van der Waals surface area contributed by atoms with Crippen molar-refractivity contribution in [2.75, 3.05) is 19.5 Å². The fourth-order valence-electron chi connectivity index (χ4n) is 3.47. The summed E-state index contributed by atoms with van der Waals surface area (Å²) in [6.45, 7) is 5.70. The number of hydrogen-bond acceptors (Lipinski definition) is 4. The number of carbonyl (C=O) groups is 2. The first-order valence-electron chi connectivity index (χ1n) is 11.0. The summed E-state index contributed by atoms with van der Waals surface area (Å²) in [7, 11) is 3.23. The normalized spacial score (nSPS) is 11.6. The molecule has 0 bridgehead atoms. The van der Waals surface area contributed by atoms with Gasteiger partial charge in [-0.15, -0.1) is 0 Å². The number of amides is 2. The second kappa shape index (κ2) is 11.1. The number of halogens is 1. The molecule has 3 aromatic carbocycles. The molecule has 0 aromatic heterocycles. The van der Waals surface area contributed by atoms with Gasteiger partial charge in [0.05, 0.1) is 24.3 Å². The Bertz CT molecular complexity index is 1160. The quantitative estimate of drug-likeness (QED) is 0.415. The Labute approximate surface area is 205 Å². The van der Waals surface area contributed by atoms with E-state index in [4.69, 9.17) is 21.1 Å². The van der Waals surface area contributed by atoms with E-state index in [0.717, 1.165) is 5.56 Å². The lowest BCUT2D eigenvalue weighted by Gasteiger charge is -2.26. The SMILES string of the molecule is COc1cc(C(=O)N(C)C(C)c2cccc(NC(=O)c3ccccc3)c2)cc(Cl)c1OC(C)C. The van der Waals surface area contributed by atoms with Crippen molar-refractivity contribution in [1.29, 1.82) is 0 Å². The van der Waals surface area contributed by atoms with Gasteiger partial charge in [-0.25, -0.2) is 0 Å². The van der Waals surface area contributed by atoms with Crippen molar-refractivity contribution in [3.63, 3.8) is 0 Å². The van der Waals surface area contributed by atoms with Crippen molar-refractivity contribution in [2.45, 2.75) is 32.9 Å². The van der Waals surface area contributed by atoms with Gasteiger partial charge in [0.1, 0.15) is 0 Å². The average molecular weight is 481 g/mol. The summed E-state index contributed by atoms with van der Waals surface area (Å²) in [6, 6.07) is 19.4. The third-order valence-corrected chi connectivity index (χ3v) is 5.67. The molecule has 3 aromatic rings. The van der Waals surface area contributed by atoms with E-state index < -0.39 is 0 Å². The summed E-state index contributed by atoms with van der Waals surface area (Å²) in [4.78, 5) is 27.4. The Hall–Kier alpha value is -3.51. The van der Waals surface area contributed by atoms with Crippen LogP contribution in [0.2, 0.25) is 5.02 Å². The predicted octanol–water partition coefficient (Wildman–Crippen LogP) is 6.22. The van der Waals surface area contributed by atoms with E-state index in [1.807, 2.05) is 63.2 Å². The molecule has 1 atom stereocenters. The van der Waals surface area contributed by atoms with Gasteiger partial charge in [-0.3, -0.25) is 9.59 Å². The van der Waals surface area contributed by atoms with Crippen molar-refractivity contribution < 1.29 is 19.1 Å². The third kappa shape index (κ3) is 5.88. The number of nitrogens with one attached hydrogen (secondary N) is 1. The number of hydrogen-bond donors (Lipinski definition) is 1. The molecule has 7 heteroatoms. The van der Waals surface area contributed by atoms with E-state index in [1.54, 1.807) is 36.2 Å². The Morgan fingerprint density at radius 2 is 1.65 bits per heavy atom. The Morgan fingerprint density at radius 3 is 2.29 bits per heavy atom. The second-order valence-corrected chi connectivity index (χ2v) is 8.60. The summed E-state index contributed by atoms with van der Waals surface area (Å²) in [5, 5.41) is 3.22. The first-order valence-corrected chi connectivity index (χ1v) is 11.4. The highest BCUT2D eigenvalue weighted by Gasteiger charge is 2.23. The van der Waals surface area contributed by atoms with Crippen molar-refractivity contribution in [1.82, 2.24) is 4.90 Å². The molecule has 0 heterocycles. The Morgan fingerprint density at radius 1 is 0.941 bits per heavy atom. The van der Waals surface area contributed by atoms with Crippen LogP contribution in [-0.4, -0.2) is 37.0 Å². The first kappa shape index (κ1) is 25.1. The maximum atomic E-state index is 13.3. The summed E-state index contributed by atoms with van der Waals surface area (Å²) in [5.74, 6) is 0.396. The van der Waals surface area contributed by atoms with E-state index >= 15 is 0 Å². The number of anilines is 1. The van der Waals surface area contributed by atoms with Crippen LogP contribution in [0, 0.1) is 0 Å². The standard InChI is InChI=1S/C27H29ClN2O4/c1-17(2)34-25-23(28)15-21(16-24(25)33-5)27(32)30(4)18(3)20-12-9-13-22(14-20)29-26(31)19-10-7-6-8-11-19/h6-18H,1-5H3,(H,29,31). The molecule has 0 saturated carbocycles. The maximum absolute atomic E-state index is 13.3. The van der Waals surface area contributed by atoms with Gasteiger partial charge in [-0.05, 0) is 62.7 Å². The van der Waals surface area contributed by atoms with Crippen LogP contribution < -0.4 is 14.8 Å². The number of benzene rings is 3. The van der Waals surface area contributed by atoms with Gasteiger partial charge in [0, 0.05) is 23.9 Å². The summed E-state index contributed by atoms with van der Waals surface area (Å²) in [5.41, 5.74) is 2.49. The number of ether oxygens (including phenoxy) is 2. The highest BCUT2D eigenvalue weighted by molar-refractivity contribution is 6.32. The highest BCUT2D eigenvalue weighted by atomic mass is 35.5. The molecule has 178 valence electrons. The van der Waals surface area contributed by atoms with Gasteiger partial charge in [-0.1, -0.05) is 41.9 Å². The number of carbonyl (C=O) groups excluding carboxylic acids is 2. The number of nitrogens with zero attached hydrogens (tertiary/aromatic N) is 1. The zero-order valence-electron chi connectivity index (χ0n) is 20.0. The lowest BCUT2D eigenvalue weighted by Crippen LogP contribution is -2.29. The Balaban J connectivity index is 1.79. The maximum Gasteiger partial charge on any atom is 0.255 e. The van der Waals surface area contributed by atoms with Gasteiger partial charge in [0.25, 0.3) is 11.8 Å². The van der Waals surface area contributed by atoms with Crippen molar-refractivity contribution >= 4 is 29.1 Å². The minimum absolute atomic E-state index is 0.0923. The van der Waals surface area contributed by atoms with E-state index in [-0.39, 0.29) is 24.0 Å². The van der Waals surface area contributed by atoms with E-state index in [1.165, 1.54) is 7.11 Å². The molecule has 0 aliphatic rings. The van der Waals surface area contributed by atoms with Crippen molar-refractivity contribution in [3.05, 3.63) is 88.4 Å². The number of methoxy groups -OCH3 is 1. The minimum atomic E-state index is -0.266. The van der Waals surface area contributed by atoms with E-state index in [0.29, 0.717) is 33.3 Å². The summed E-state index contributed by atoms with van der Waals surface area (Å²) in [6.07, 6.45) is -0.0923. The lowest BCUT2D eigenvalue weighted by molar-refractivity contribution is 0.0742. The van der Waals surface area contributed by atoms with Crippen LogP contribution in [0.4, 0.5) is 5.69 Å². The van der Waals surface area contributed by atoms with Crippen LogP contribution in [0.25, 0.3) is 0 Å². The minimum Gasteiger partial charge on any atom is -0.493 e. The fraction of sp³-hybridized carbons (Fsp3) is 0.259. The number of rotatable bonds is 8. The smallest absolute Gasteiger partial charge is 0.255 e. The molecule has 0 aliphatic heterocycles. The van der Waals surface area contributed by atoms with Gasteiger partial charge in [-0.2, -0.15) is 0 Å². The molecule has 2 amide bonds. The first-order chi connectivity index (χ1) is 16.2.